The van der Waals surface area contributed by atoms with Gasteiger partial charge >= 0.3 is 0 Å². The second-order valence-corrected chi connectivity index (χ2v) is 1.38. The van der Waals surface area contributed by atoms with E-state index in [9.17, 15) is 0 Å². The summed E-state index contributed by atoms with van der Waals surface area (Å²) in [6.45, 7) is 3.86. The summed E-state index contributed by atoms with van der Waals surface area (Å²) in [5.41, 5.74) is 3.71. The van der Waals surface area contributed by atoms with E-state index in [1.54, 1.807) is 7.05 Å². The molecule has 0 spiro atoms. The molecule has 0 aromatic heterocycles. The molecule has 3 heteroatoms. The van der Waals surface area contributed by atoms with Crippen LogP contribution >= 0.6 is 0 Å². The average molecular weight is 113 g/mol. The van der Waals surface area contributed by atoms with E-state index in [1.165, 1.54) is 0 Å². The molecular weight excluding hydrogens is 102 g/mol. The fraction of sp³-hybridized carbons (Fsp3) is 0.600. The Morgan fingerprint density at radius 2 is 2.25 bits per heavy atom. The number of allylic oxidation sites excluding steroid dienone is 2. The van der Waals surface area contributed by atoms with E-state index in [-0.39, 0.29) is 0 Å². The van der Waals surface area contributed by atoms with E-state index in [4.69, 9.17) is 0 Å². The Morgan fingerprint density at radius 3 is 2.62 bits per heavy atom. The smallest absolute Gasteiger partial charge is 0.0509 e. The van der Waals surface area contributed by atoms with Crippen LogP contribution in [0.5, 0.6) is 0 Å². The van der Waals surface area contributed by atoms with Crippen LogP contribution in [0.25, 0.3) is 0 Å². The molecule has 1 N–H and O–H groups in total. The van der Waals surface area contributed by atoms with Crippen LogP contribution in [0.1, 0.15) is 13.8 Å². The van der Waals surface area contributed by atoms with Crippen molar-refractivity contribution in [1.82, 2.24) is 5.43 Å². The van der Waals surface area contributed by atoms with Crippen molar-refractivity contribution in [3.8, 4) is 0 Å². The largest absolute Gasteiger partial charge is 0.265 e. The number of nitrogens with zero attached hydrogens (tertiary/aromatic N) is 2. The summed E-state index contributed by atoms with van der Waals surface area (Å²) in [5, 5.41) is 7.05. The topological polar surface area (TPSA) is 36.8 Å². The van der Waals surface area contributed by atoms with Crippen molar-refractivity contribution in [3.63, 3.8) is 0 Å². The third kappa shape index (κ3) is 3.33. The molecule has 0 aliphatic rings. The van der Waals surface area contributed by atoms with Gasteiger partial charge in [0.2, 0.25) is 0 Å². The molecule has 0 aliphatic carbocycles. The van der Waals surface area contributed by atoms with Gasteiger partial charge in [-0.15, -0.1) is 0 Å². The zero-order valence-corrected chi connectivity index (χ0v) is 5.47. The Hall–Kier alpha value is -0.860. The zero-order valence-electron chi connectivity index (χ0n) is 5.47. The lowest BCUT2D eigenvalue weighted by Gasteiger charge is -1.92. The van der Waals surface area contributed by atoms with E-state index >= 15 is 0 Å². The highest BCUT2D eigenvalue weighted by atomic mass is 15.4. The number of nitrogens with one attached hydrogen (secondary N) is 1. The van der Waals surface area contributed by atoms with Gasteiger partial charge in [0.1, 0.15) is 0 Å². The normalized spacial score (nSPS) is 12.6. The lowest BCUT2D eigenvalue weighted by Crippen LogP contribution is -1.98. The first-order chi connectivity index (χ1) is 3.81. The van der Waals surface area contributed by atoms with Crippen LogP contribution in [-0.2, 0) is 0 Å². The van der Waals surface area contributed by atoms with Crippen LogP contribution in [0.15, 0.2) is 22.1 Å². The van der Waals surface area contributed by atoms with Gasteiger partial charge < -0.3 is 0 Å². The minimum absolute atomic E-state index is 1.01. The number of hydrogen-bond donors (Lipinski definition) is 1. The average Bonchev–Trinajstić information content (AvgIpc) is 1.83. The highest BCUT2D eigenvalue weighted by molar-refractivity contribution is 4.89. The SMILES string of the molecule is C/C=C(/C)NN=NC. The Labute approximate surface area is 49.5 Å². The second kappa shape index (κ2) is 4.30. The quantitative estimate of drug-likeness (QED) is 0.427. The van der Waals surface area contributed by atoms with Crippen LogP contribution in [0.4, 0.5) is 0 Å². The molecule has 0 aromatic carbocycles. The molecule has 3 nitrogen and oxygen atoms in total. The predicted octanol–water partition coefficient (Wildman–Crippen LogP) is 1.50. The Kier molecular flexibility index (Phi) is 3.84. The van der Waals surface area contributed by atoms with Crippen molar-refractivity contribution >= 4 is 0 Å². The zero-order chi connectivity index (χ0) is 6.41. The Bertz CT molecular complexity index is 104. The molecule has 0 aliphatic heterocycles. The lowest BCUT2D eigenvalue weighted by atomic mass is 10.5. The van der Waals surface area contributed by atoms with Gasteiger partial charge in [0.05, 0.1) is 7.05 Å². The van der Waals surface area contributed by atoms with Gasteiger partial charge in [-0.05, 0) is 13.8 Å². The van der Waals surface area contributed by atoms with Gasteiger partial charge in [0.15, 0.2) is 0 Å². The summed E-state index contributed by atoms with van der Waals surface area (Å²) in [6.07, 6.45) is 1.93. The van der Waals surface area contributed by atoms with Gasteiger partial charge in [-0.2, -0.15) is 5.11 Å². The van der Waals surface area contributed by atoms with Gasteiger partial charge in [-0.1, -0.05) is 11.3 Å². The minimum atomic E-state index is 1.01. The third-order valence-electron chi connectivity index (χ3n) is 0.759. The van der Waals surface area contributed by atoms with E-state index in [0.29, 0.717) is 0 Å². The first kappa shape index (κ1) is 7.14. The number of hydrogen-bond acceptors (Lipinski definition) is 2. The fourth-order valence-electron chi connectivity index (χ4n) is 0.193. The summed E-state index contributed by atoms with van der Waals surface area (Å²) in [4.78, 5) is 0. The lowest BCUT2D eigenvalue weighted by molar-refractivity contribution is 0.799. The first-order valence-corrected chi connectivity index (χ1v) is 2.49. The molecule has 0 atom stereocenters. The molecule has 0 unspecified atom stereocenters. The molecular formula is C5H11N3. The van der Waals surface area contributed by atoms with Gasteiger partial charge in [0, 0.05) is 5.70 Å². The molecule has 0 saturated carbocycles. The monoisotopic (exact) mass is 113 g/mol. The fourth-order valence-corrected chi connectivity index (χ4v) is 0.193. The molecule has 0 saturated heterocycles. The van der Waals surface area contributed by atoms with Crippen molar-refractivity contribution < 1.29 is 0 Å². The molecule has 0 aromatic rings. The molecule has 0 rings (SSSR count). The highest BCUT2D eigenvalue weighted by Gasteiger charge is 1.75. The van der Waals surface area contributed by atoms with Crippen LogP contribution < -0.4 is 5.43 Å². The third-order valence-corrected chi connectivity index (χ3v) is 0.759. The van der Waals surface area contributed by atoms with Crippen LogP contribution in [0.2, 0.25) is 0 Å². The Balaban J connectivity index is 3.40. The van der Waals surface area contributed by atoms with Crippen molar-refractivity contribution in [2.24, 2.45) is 10.3 Å². The maximum absolute atomic E-state index is 3.55. The van der Waals surface area contributed by atoms with E-state index in [2.05, 4.69) is 15.8 Å². The van der Waals surface area contributed by atoms with E-state index < -0.39 is 0 Å². The summed E-state index contributed by atoms with van der Waals surface area (Å²) >= 11 is 0. The van der Waals surface area contributed by atoms with E-state index in [1.807, 2.05) is 19.9 Å². The molecule has 46 valence electrons. The van der Waals surface area contributed by atoms with Crippen LogP contribution in [0, 0.1) is 0 Å². The van der Waals surface area contributed by atoms with Crippen LogP contribution in [-0.4, -0.2) is 7.05 Å². The standard InChI is InChI=1S/C5H11N3/c1-4-5(2)7-8-6-3/h4H,1-3H3,(H,6,7)/b5-4-. The first-order valence-electron chi connectivity index (χ1n) is 2.49. The maximum atomic E-state index is 3.55. The molecule has 0 amide bonds. The summed E-state index contributed by atoms with van der Waals surface area (Å²) < 4.78 is 0. The summed E-state index contributed by atoms with van der Waals surface area (Å²) in [6, 6.07) is 0. The van der Waals surface area contributed by atoms with Crippen molar-refractivity contribution in [1.29, 1.82) is 0 Å². The number of rotatable bonds is 2. The molecule has 0 fully saturated rings. The van der Waals surface area contributed by atoms with Crippen molar-refractivity contribution in [2.75, 3.05) is 7.05 Å². The van der Waals surface area contributed by atoms with Gasteiger partial charge in [-0.3, -0.25) is 5.43 Å². The van der Waals surface area contributed by atoms with E-state index in [0.717, 1.165) is 5.70 Å². The second-order valence-electron chi connectivity index (χ2n) is 1.38. The maximum Gasteiger partial charge on any atom is 0.0509 e. The molecule has 0 radical (unpaired) electrons. The summed E-state index contributed by atoms with van der Waals surface area (Å²) in [7, 11) is 1.62. The molecule has 8 heavy (non-hydrogen) atoms. The van der Waals surface area contributed by atoms with Gasteiger partial charge in [0.25, 0.3) is 0 Å². The van der Waals surface area contributed by atoms with Gasteiger partial charge in [-0.25, -0.2) is 0 Å². The highest BCUT2D eigenvalue weighted by Crippen LogP contribution is 1.82. The van der Waals surface area contributed by atoms with Crippen LogP contribution in [0.3, 0.4) is 0 Å². The molecule has 0 bridgehead atoms. The Morgan fingerprint density at radius 1 is 1.62 bits per heavy atom. The molecule has 0 heterocycles. The minimum Gasteiger partial charge on any atom is -0.265 e. The summed E-state index contributed by atoms with van der Waals surface area (Å²) in [5.74, 6) is 0. The predicted molar refractivity (Wildman–Crippen MR) is 33.3 cm³/mol. The van der Waals surface area contributed by atoms with Crippen molar-refractivity contribution in [2.45, 2.75) is 13.8 Å². The van der Waals surface area contributed by atoms with Crippen molar-refractivity contribution in [3.05, 3.63) is 11.8 Å².